The lowest BCUT2D eigenvalue weighted by molar-refractivity contribution is -0.123. The zero-order chi connectivity index (χ0) is 25.4. The highest BCUT2D eigenvalue weighted by Crippen LogP contribution is 2.34. The topological polar surface area (TPSA) is 101 Å². The van der Waals surface area contributed by atoms with Gasteiger partial charge < -0.3 is 0 Å². The van der Waals surface area contributed by atoms with E-state index in [-0.39, 0.29) is 28.7 Å². The number of halogens is 2. The third kappa shape index (κ3) is 5.42. The highest BCUT2D eigenvalue weighted by molar-refractivity contribution is 7.93. The number of nitrogens with one attached hydrogen (secondary N) is 2. The summed E-state index contributed by atoms with van der Waals surface area (Å²) < 4.78 is 58.0. The molecule has 7 nitrogen and oxygen atoms in total. The van der Waals surface area contributed by atoms with Gasteiger partial charge in [0.15, 0.2) is 5.82 Å². The van der Waals surface area contributed by atoms with Crippen molar-refractivity contribution in [1.82, 2.24) is 9.97 Å². The minimum atomic E-state index is -3.80. The molecule has 3 aromatic rings. The summed E-state index contributed by atoms with van der Waals surface area (Å²) in [6, 6.07) is 6.72. The molecule has 0 bridgehead atoms. The predicted octanol–water partition coefficient (Wildman–Crippen LogP) is 5.63. The van der Waals surface area contributed by atoms with E-state index in [1.54, 1.807) is 26.8 Å². The van der Waals surface area contributed by atoms with Crippen molar-refractivity contribution >= 4 is 38.5 Å². The van der Waals surface area contributed by atoms with Gasteiger partial charge in [0.05, 0.1) is 22.0 Å². The fourth-order valence-electron chi connectivity index (χ4n) is 4.05. The van der Waals surface area contributed by atoms with Crippen LogP contribution in [0.5, 0.6) is 0 Å². The molecule has 1 aromatic heterocycles. The Balaban J connectivity index is 1.65. The number of carbonyl (C=O) groups excluding carboxylic acids is 1. The van der Waals surface area contributed by atoms with Gasteiger partial charge in [0.1, 0.15) is 5.82 Å². The van der Waals surface area contributed by atoms with Crippen LogP contribution in [0.4, 0.5) is 20.4 Å². The summed E-state index contributed by atoms with van der Waals surface area (Å²) in [5.41, 5.74) is -0.575. The number of aromatic nitrogens is 2. The standard InChI is InChI=1S/C25H28F2N4O3S/c1-25(2,3)23(32)30-24-28-14-16-13-15(9-11-19(16)29-24)21-18(26)10-12-20(22(21)27)31-35(33,34)17-7-5-4-6-8-17/h9-14,17,31H,4-8H2,1-3H3,(H,28,29,30,32). The predicted molar refractivity (Wildman–Crippen MR) is 132 cm³/mol. The summed E-state index contributed by atoms with van der Waals surface area (Å²) in [5, 5.41) is 2.56. The monoisotopic (exact) mass is 502 g/mol. The zero-order valence-corrected chi connectivity index (χ0v) is 20.7. The number of carbonyl (C=O) groups is 1. The quantitative estimate of drug-likeness (QED) is 0.471. The van der Waals surface area contributed by atoms with E-state index < -0.39 is 32.3 Å². The third-order valence-electron chi connectivity index (χ3n) is 6.11. The molecule has 186 valence electrons. The summed E-state index contributed by atoms with van der Waals surface area (Å²) in [6.07, 6.45) is 5.10. The fourth-order valence-corrected chi connectivity index (χ4v) is 5.63. The molecule has 0 radical (unpaired) electrons. The molecule has 2 N–H and O–H groups in total. The Labute approximate surface area is 203 Å². The third-order valence-corrected chi connectivity index (χ3v) is 7.96. The van der Waals surface area contributed by atoms with E-state index in [4.69, 9.17) is 0 Å². The van der Waals surface area contributed by atoms with Gasteiger partial charge in [-0.3, -0.25) is 14.8 Å². The van der Waals surface area contributed by atoms with Crippen molar-refractivity contribution in [3.8, 4) is 11.1 Å². The number of anilines is 2. The largest absolute Gasteiger partial charge is 0.294 e. The van der Waals surface area contributed by atoms with Gasteiger partial charge >= 0.3 is 0 Å². The molecular formula is C25H28F2N4O3S. The first-order chi connectivity index (χ1) is 16.5. The molecule has 0 unspecified atom stereocenters. The van der Waals surface area contributed by atoms with Crippen molar-refractivity contribution in [3.05, 3.63) is 48.2 Å². The normalized spacial score (nSPS) is 15.2. The molecule has 1 saturated carbocycles. The highest BCUT2D eigenvalue weighted by Gasteiger charge is 2.29. The molecule has 4 rings (SSSR count). The Morgan fingerprint density at radius 2 is 1.77 bits per heavy atom. The maximum Gasteiger partial charge on any atom is 0.235 e. The first-order valence-corrected chi connectivity index (χ1v) is 13.1. The van der Waals surface area contributed by atoms with Gasteiger partial charge in [-0.1, -0.05) is 46.1 Å². The van der Waals surface area contributed by atoms with Crippen LogP contribution in [0.2, 0.25) is 0 Å². The summed E-state index contributed by atoms with van der Waals surface area (Å²) in [4.78, 5) is 20.6. The average molecular weight is 503 g/mol. The molecular weight excluding hydrogens is 474 g/mol. The van der Waals surface area contributed by atoms with E-state index >= 15 is 4.39 Å². The van der Waals surface area contributed by atoms with Crippen molar-refractivity contribution in [3.63, 3.8) is 0 Å². The number of nitrogens with zero attached hydrogens (tertiary/aromatic N) is 2. The van der Waals surface area contributed by atoms with E-state index in [1.165, 1.54) is 18.3 Å². The molecule has 0 aliphatic heterocycles. The van der Waals surface area contributed by atoms with Crippen molar-refractivity contribution in [2.24, 2.45) is 5.41 Å². The molecule has 35 heavy (non-hydrogen) atoms. The number of benzene rings is 2. The van der Waals surface area contributed by atoms with E-state index in [2.05, 4.69) is 20.0 Å². The summed E-state index contributed by atoms with van der Waals surface area (Å²) in [6.45, 7) is 5.30. The molecule has 0 spiro atoms. The average Bonchev–Trinajstić information content (AvgIpc) is 2.81. The number of hydrogen-bond acceptors (Lipinski definition) is 5. The molecule has 10 heteroatoms. The van der Waals surface area contributed by atoms with Crippen molar-refractivity contribution in [2.75, 3.05) is 10.0 Å². The second-order valence-corrected chi connectivity index (χ2v) is 11.8. The number of fused-ring (bicyclic) bond motifs is 1. The number of rotatable bonds is 5. The minimum Gasteiger partial charge on any atom is -0.294 e. The van der Waals surface area contributed by atoms with Crippen LogP contribution in [0.3, 0.4) is 0 Å². The van der Waals surface area contributed by atoms with Crippen LogP contribution in [-0.4, -0.2) is 29.5 Å². The molecule has 1 aliphatic rings. The van der Waals surface area contributed by atoms with Gasteiger partial charge in [-0.25, -0.2) is 27.2 Å². The van der Waals surface area contributed by atoms with Gasteiger partial charge in [0.25, 0.3) is 0 Å². The fraction of sp³-hybridized carbons (Fsp3) is 0.400. The Bertz CT molecular complexity index is 1380. The lowest BCUT2D eigenvalue weighted by Crippen LogP contribution is -2.30. The van der Waals surface area contributed by atoms with Gasteiger partial charge in [-0.15, -0.1) is 0 Å². The second-order valence-electron chi connectivity index (χ2n) is 9.86. The van der Waals surface area contributed by atoms with E-state index in [9.17, 15) is 17.6 Å². The van der Waals surface area contributed by atoms with Crippen molar-refractivity contribution < 1.29 is 22.0 Å². The van der Waals surface area contributed by atoms with E-state index in [0.717, 1.165) is 31.4 Å². The Hall–Kier alpha value is -3.14. The number of sulfonamides is 1. The van der Waals surface area contributed by atoms with Crippen molar-refractivity contribution in [2.45, 2.75) is 58.1 Å². The van der Waals surface area contributed by atoms with E-state index in [1.807, 2.05) is 0 Å². The molecule has 0 saturated heterocycles. The molecule has 1 heterocycles. The molecule has 1 amide bonds. The lowest BCUT2D eigenvalue weighted by atomic mass is 9.96. The second kappa shape index (κ2) is 9.49. The van der Waals surface area contributed by atoms with E-state index in [0.29, 0.717) is 23.7 Å². The Morgan fingerprint density at radius 3 is 2.46 bits per heavy atom. The summed E-state index contributed by atoms with van der Waals surface area (Å²) >= 11 is 0. The SMILES string of the molecule is CC(C)(C)C(=O)Nc1ncc2cc(-c3c(F)ccc(NS(=O)(=O)C4CCCCC4)c3F)ccc2n1. The molecule has 0 atom stereocenters. The molecule has 1 aliphatic carbocycles. The molecule has 1 fully saturated rings. The van der Waals surface area contributed by atoms with Gasteiger partial charge in [-0.05, 0) is 42.7 Å². The first kappa shape index (κ1) is 25.0. The first-order valence-electron chi connectivity index (χ1n) is 11.5. The van der Waals surface area contributed by atoms with Crippen LogP contribution in [0.1, 0.15) is 52.9 Å². The smallest absolute Gasteiger partial charge is 0.235 e. The number of hydrogen-bond donors (Lipinski definition) is 2. The number of amides is 1. The maximum absolute atomic E-state index is 15.4. The van der Waals surface area contributed by atoms with Crippen LogP contribution in [-0.2, 0) is 14.8 Å². The van der Waals surface area contributed by atoms with Crippen LogP contribution in [0, 0.1) is 17.0 Å². The van der Waals surface area contributed by atoms with Crippen molar-refractivity contribution in [1.29, 1.82) is 0 Å². The van der Waals surface area contributed by atoms with Crippen LogP contribution in [0.25, 0.3) is 22.0 Å². The van der Waals surface area contributed by atoms with Crippen LogP contribution < -0.4 is 10.0 Å². The Kier molecular flexibility index (Phi) is 6.77. The summed E-state index contributed by atoms with van der Waals surface area (Å²) in [7, 11) is -3.80. The summed E-state index contributed by atoms with van der Waals surface area (Å²) in [5.74, 6) is -1.93. The Morgan fingerprint density at radius 1 is 1.06 bits per heavy atom. The maximum atomic E-state index is 15.4. The zero-order valence-electron chi connectivity index (χ0n) is 19.9. The van der Waals surface area contributed by atoms with Gasteiger partial charge in [0.2, 0.25) is 21.9 Å². The lowest BCUT2D eigenvalue weighted by Gasteiger charge is -2.23. The minimum absolute atomic E-state index is 0.127. The van der Waals surface area contributed by atoms with Crippen LogP contribution in [0.15, 0.2) is 36.5 Å². The molecule has 2 aromatic carbocycles. The van der Waals surface area contributed by atoms with Crippen LogP contribution >= 0.6 is 0 Å². The highest BCUT2D eigenvalue weighted by atomic mass is 32.2. The van der Waals surface area contributed by atoms with Gasteiger partial charge in [0, 0.05) is 17.0 Å². The van der Waals surface area contributed by atoms with Gasteiger partial charge in [-0.2, -0.15) is 0 Å².